The summed E-state index contributed by atoms with van der Waals surface area (Å²) in [7, 11) is 1.66. The second-order valence-corrected chi connectivity index (χ2v) is 8.69. The van der Waals surface area contributed by atoms with E-state index in [1.54, 1.807) is 18.1 Å². The summed E-state index contributed by atoms with van der Waals surface area (Å²) in [4.78, 5) is 31.6. The molecule has 2 saturated heterocycles. The molecule has 2 amide bonds. The van der Waals surface area contributed by atoms with Crippen LogP contribution >= 0.6 is 0 Å². The maximum Gasteiger partial charge on any atom is 0.257 e. The molecule has 0 saturated carbocycles. The molecular formula is C23H29F2N5O2. The van der Waals surface area contributed by atoms with Crippen LogP contribution in [0.4, 0.5) is 8.78 Å². The lowest BCUT2D eigenvalue weighted by Gasteiger charge is -2.38. The zero-order chi connectivity index (χ0) is 22.8. The Morgan fingerprint density at radius 2 is 1.84 bits per heavy atom. The van der Waals surface area contributed by atoms with E-state index in [0.717, 1.165) is 31.5 Å². The van der Waals surface area contributed by atoms with E-state index in [2.05, 4.69) is 16.9 Å². The minimum absolute atomic E-state index is 0.0928. The van der Waals surface area contributed by atoms with Crippen LogP contribution in [0.5, 0.6) is 0 Å². The summed E-state index contributed by atoms with van der Waals surface area (Å²) in [5.41, 5.74) is 0.576. The first kappa shape index (κ1) is 22.4. The third-order valence-corrected chi connectivity index (χ3v) is 6.39. The lowest BCUT2D eigenvalue weighted by atomic mass is 10.0. The summed E-state index contributed by atoms with van der Waals surface area (Å²) < 4.78 is 29.1. The largest absolute Gasteiger partial charge is 0.339 e. The molecule has 1 unspecified atom stereocenters. The summed E-state index contributed by atoms with van der Waals surface area (Å²) in [6.45, 7) is 5.43. The van der Waals surface area contributed by atoms with Crippen LogP contribution in [0.25, 0.3) is 11.3 Å². The van der Waals surface area contributed by atoms with Gasteiger partial charge in [0, 0.05) is 63.6 Å². The summed E-state index contributed by atoms with van der Waals surface area (Å²) >= 11 is 0. The van der Waals surface area contributed by atoms with E-state index in [4.69, 9.17) is 0 Å². The first-order valence-corrected chi connectivity index (χ1v) is 11.1. The molecule has 2 aromatic rings. The van der Waals surface area contributed by atoms with Crippen molar-refractivity contribution >= 4 is 11.8 Å². The smallest absolute Gasteiger partial charge is 0.257 e. The van der Waals surface area contributed by atoms with Gasteiger partial charge in [0.25, 0.3) is 5.91 Å². The Morgan fingerprint density at radius 3 is 2.53 bits per heavy atom. The molecule has 2 aliphatic rings. The molecule has 0 aliphatic carbocycles. The van der Waals surface area contributed by atoms with Crippen molar-refractivity contribution in [3.05, 3.63) is 41.6 Å². The quantitative estimate of drug-likeness (QED) is 0.726. The molecule has 3 heterocycles. The molecule has 1 aromatic heterocycles. The Labute approximate surface area is 186 Å². The van der Waals surface area contributed by atoms with Crippen LogP contribution in [0.1, 0.15) is 36.5 Å². The van der Waals surface area contributed by atoms with Gasteiger partial charge in [-0.15, -0.1) is 0 Å². The molecule has 9 heteroatoms. The number of hydrogen-bond acceptors (Lipinski definition) is 4. The predicted octanol–water partition coefficient (Wildman–Crippen LogP) is 2.52. The fourth-order valence-electron chi connectivity index (χ4n) is 4.56. The zero-order valence-corrected chi connectivity index (χ0v) is 18.6. The van der Waals surface area contributed by atoms with Gasteiger partial charge in [-0.1, -0.05) is 0 Å². The molecule has 2 aliphatic heterocycles. The Balaban J connectivity index is 1.40. The van der Waals surface area contributed by atoms with Gasteiger partial charge >= 0.3 is 0 Å². The molecule has 0 N–H and O–H groups in total. The average Bonchev–Trinajstić information content (AvgIpc) is 3.15. The lowest BCUT2D eigenvalue weighted by Crippen LogP contribution is -2.53. The first-order valence-electron chi connectivity index (χ1n) is 11.1. The van der Waals surface area contributed by atoms with Gasteiger partial charge in [0.1, 0.15) is 17.3 Å². The van der Waals surface area contributed by atoms with E-state index in [9.17, 15) is 18.4 Å². The number of benzene rings is 1. The zero-order valence-electron chi connectivity index (χ0n) is 18.6. The van der Waals surface area contributed by atoms with Crippen molar-refractivity contribution < 1.29 is 18.4 Å². The summed E-state index contributed by atoms with van der Waals surface area (Å²) in [5.74, 6) is -1.53. The normalized spacial score (nSPS) is 19.9. The highest BCUT2D eigenvalue weighted by Crippen LogP contribution is 2.27. The predicted molar refractivity (Wildman–Crippen MR) is 116 cm³/mol. The number of aromatic nitrogens is 2. The molecule has 4 rings (SSSR count). The van der Waals surface area contributed by atoms with Crippen LogP contribution in [-0.4, -0.2) is 81.6 Å². The molecule has 0 bridgehead atoms. The molecule has 7 nitrogen and oxygen atoms in total. The number of carbonyl (C=O) groups excluding carboxylic acids is 2. The standard InChI is InChI=1S/C23H29F2N5O2/c1-16-5-3-4-8-30(16)21(31)15-28-9-11-29(12-10-28)23(32)19-14-27(2)26-22(19)18-7-6-17(24)13-20(18)25/h6-7,13-14,16H,3-5,8-12,15H2,1-2H3. The van der Waals surface area contributed by atoms with Crippen molar-refractivity contribution in [2.24, 2.45) is 7.05 Å². The number of likely N-dealkylation sites (tertiary alicyclic amines) is 1. The van der Waals surface area contributed by atoms with Gasteiger partial charge in [-0.2, -0.15) is 5.10 Å². The van der Waals surface area contributed by atoms with Gasteiger partial charge in [0.05, 0.1) is 12.1 Å². The fourth-order valence-corrected chi connectivity index (χ4v) is 4.56. The van der Waals surface area contributed by atoms with Crippen LogP contribution in [0, 0.1) is 11.6 Å². The number of hydrogen-bond donors (Lipinski definition) is 0. The van der Waals surface area contributed by atoms with Crippen molar-refractivity contribution in [3.8, 4) is 11.3 Å². The second kappa shape index (κ2) is 9.36. The Bertz CT molecular complexity index is 1000. The van der Waals surface area contributed by atoms with Gasteiger partial charge in [-0.3, -0.25) is 19.2 Å². The summed E-state index contributed by atoms with van der Waals surface area (Å²) in [5, 5.41) is 4.25. The van der Waals surface area contributed by atoms with Crippen molar-refractivity contribution in [1.29, 1.82) is 0 Å². The van der Waals surface area contributed by atoms with E-state index in [-0.39, 0.29) is 34.7 Å². The highest BCUT2D eigenvalue weighted by atomic mass is 19.1. The third kappa shape index (κ3) is 4.67. The lowest BCUT2D eigenvalue weighted by molar-refractivity contribution is -0.136. The highest BCUT2D eigenvalue weighted by Gasteiger charge is 2.29. The van der Waals surface area contributed by atoms with Crippen molar-refractivity contribution in [1.82, 2.24) is 24.5 Å². The van der Waals surface area contributed by atoms with E-state index in [0.29, 0.717) is 32.7 Å². The minimum Gasteiger partial charge on any atom is -0.339 e. The van der Waals surface area contributed by atoms with Gasteiger partial charge in [-0.05, 0) is 38.3 Å². The number of nitrogens with zero attached hydrogens (tertiary/aromatic N) is 5. The number of aryl methyl sites for hydroxylation is 1. The van der Waals surface area contributed by atoms with Gasteiger partial charge in [0.2, 0.25) is 5.91 Å². The Hall–Kier alpha value is -2.81. The average molecular weight is 446 g/mol. The monoisotopic (exact) mass is 445 g/mol. The molecule has 172 valence electrons. The SMILES string of the molecule is CC1CCCCN1C(=O)CN1CCN(C(=O)c2cn(C)nc2-c2ccc(F)cc2F)CC1. The molecule has 0 radical (unpaired) electrons. The highest BCUT2D eigenvalue weighted by molar-refractivity contribution is 6.00. The molecule has 1 aromatic carbocycles. The molecule has 1 atom stereocenters. The number of rotatable bonds is 4. The van der Waals surface area contributed by atoms with Crippen molar-refractivity contribution in [3.63, 3.8) is 0 Å². The number of amides is 2. The van der Waals surface area contributed by atoms with Crippen LogP contribution < -0.4 is 0 Å². The van der Waals surface area contributed by atoms with Crippen LogP contribution in [0.2, 0.25) is 0 Å². The third-order valence-electron chi connectivity index (χ3n) is 6.39. The topological polar surface area (TPSA) is 61.7 Å². The maximum absolute atomic E-state index is 14.3. The molecule has 2 fully saturated rings. The second-order valence-electron chi connectivity index (χ2n) is 8.69. The van der Waals surface area contributed by atoms with Crippen LogP contribution in [0.3, 0.4) is 0 Å². The summed E-state index contributed by atoms with van der Waals surface area (Å²) in [6, 6.07) is 3.53. The Morgan fingerprint density at radius 1 is 1.09 bits per heavy atom. The van der Waals surface area contributed by atoms with E-state index >= 15 is 0 Å². The molecule has 32 heavy (non-hydrogen) atoms. The van der Waals surface area contributed by atoms with Crippen LogP contribution in [0.15, 0.2) is 24.4 Å². The number of halogens is 2. The van der Waals surface area contributed by atoms with E-state index < -0.39 is 11.6 Å². The molecular weight excluding hydrogens is 416 g/mol. The number of carbonyl (C=O) groups is 2. The van der Waals surface area contributed by atoms with Gasteiger partial charge in [0.15, 0.2) is 0 Å². The van der Waals surface area contributed by atoms with Gasteiger partial charge < -0.3 is 9.80 Å². The molecule has 0 spiro atoms. The minimum atomic E-state index is -0.756. The number of piperidine rings is 1. The fraction of sp³-hybridized carbons (Fsp3) is 0.522. The summed E-state index contributed by atoms with van der Waals surface area (Å²) in [6.07, 6.45) is 4.84. The van der Waals surface area contributed by atoms with Gasteiger partial charge in [-0.25, -0.2) is 8.78 Å². The van der Waals surface area contributed by atoms with Crippen LogP contribution in [-0.2, 0) is 11.8 Å². The Kier molecular flexibility index (Phi) is 6.55. The first-order chi connectivity index (χ1) is 15.3. The maximum atomic E-state index is 14.3. The van der Waals surface area contributed by atoms with E-state index in [1.165, 1.54) is 17.2 Å². The van der Waals surface area contributed by atoms with Crippen molar-refractivity contribution in [2.75, 3.05) is 39.3 Å². The number of piperazine rings is 1. The van der Waals surface area contributed by atoms with Crippen molar-refractivity contribution in [2.45, 2.75) is 32.2 Å². The van der Waals surface area contributed by atoms with E-state index in [1.807, 2.05) is 4.90 Å².